The number of fused-ring (bicyclic) bond motifs is 1. The maximum atomic E-state index is 11.8. The van der Waals surface area contributed by atoms with E-state index in [4.69, 9.17) is 10.4 Å². The van der Waals surface area contributed by atoms with Crippen molar-refractivity contribution in [2.45, 2.75) is 6.54 Å². The molecular formula is C12H13N5O3. The van der Waals surface area contributed by atoms with Crippen molar-refractivity contribution in [3.63, 3.8) is 0 Å². The highest BCUT2D eigenvalue weighted by Gasteiger charge is 2.26. The van der Waals surface area contributed by atoms with E-state index < -0.39 is 6.03 Å². The number of pyridine rings is 1. The summed E-state index contributed by atoms with van der Waals surface area (Å²) in [5, 5.41) is 22.7. The highest BCUT2D eigenvalue weighted by Crippen LogP contribution is 2.24. The first-order valence-corrected chi connectivity index (χ1v) is 5.97. The third-order valence-corrected chi connectivity index (χ3v) is 2.81. The van der Waals surface area contributed by atoms with Gasteiger partial charge in [0, 0.05) is 18.3 Å². The Morgan fingerprint density at radius 2 is 2.45 bits per heavy atom. The molecule has 0 unspecified atom stereocenters. The molecule has 0 aliphatic carbocycles. The van der Waals surface area contributed by atoms with Crippen molar-refractivity contribution >= 4 is 17.6 Å². The van der Waals surface area contributed by atoms with Gasteiger partial charge in [0.05, 0.1) is 18.8 Å². The van der Waals surface area contributed by atoms with Crippen LogP contribution in [0.15, 0.2) is 12.3 Å². The lowest BCUT2D eigenvalue weighted by Crippen LogP contribution is -2.45. The highest BCUT2D eigenvalue weighted by molar-refractivity contribution is 5.95. The van der Waals surface area contributed by atoms with Gasteiger partial charge >= 0.3 is 6.03 Å². The first-order valence-electron chi connectivity index (χ1n) is 5.97. The second-order valence-corrected chi connectivity index (χ2v) is 4.16. The van der Waals surface area contributed by atoms with E-state index in [9.17, 15) is 9.59 Å². The van der Waals surface area contributed by atoms with Crippen LogP contribution in [0.4, 0.5) is 10.5 Å². The number of carbonyl (C=O) groups is 2. The number of nitriles is 1. The molecule has 104 valence electrons. The molecule has 8 nitrogen and oxygen atoms in total. The third kappa shape index (κ3) is 2.84. The van der Waals surface area contributed by atoms with E-state index >= 15 is 0 Å². The number of anilines is 1. The summed E-state index contributed by atoms with van der Waals surface area (Å²) in [6.07, 6.45) is 1.45. The van der Waals surface area contributed by atoms with Gasteiger partial charge in [-0.3, -0.25) is 4.79 Å². The number of rotatable bonds is 4. The number of nitrogens with one attached hydrogen (secondary N) is 2. The van der Waals surface area contributed by atoms with Crippen LogP contribution in [0.1, 0.15) is 11.3 Å². The Hall–Kier alpha value is -2.66. The van der Waals surface area contributed by atoms with Crippen molar-refractivity contribution in [1.29, 1.82) is 5.26 Å². The van der Waals surface area contributed by atoms with E-state index in [0.29, 0.717) is 11.3 Å². The summed E-state index contributed by atoms with van der Waals surface area (Å²) in [4.78, 5) is 28.6. The Bertz CT molecular complexity index is 581. The Labute approximate surface area is 115 Å². The van der Waals surface area contributed by atoms with Crippen LogP contribution in [0.3, 0.4) is 0 Å². The van der Waals surface area contributed by atoms with Crippen molar-refractivity contribution in [3.05, 3.63) is 23.5 Å². The van der Waals surface area contributed by atoms with Gasteiger partial charge in [0.2, 0.25) is 5.91 Å². The average Bonchev–Trinajstić information content (AvgIpc) is 2.45. The lowest BCUT2D eigenvalue weighted by molar-refractivity contribution is -0.121. The van der Waals surface area contributed by atoms with Gasteiger partial charge < -0.3 is 20.6 Å². The van der Waals surface area contributed by atoms with E-state index in [-0.39, 0.29) is 37.8 Å². The molecule has 0 bridgehead atoms. The molecule has 0 aromatic carbocycles. The summed E-state index contributed by atoms with van der Waals surface area (Å²) in [6, 6.07) is 3.15. The van der Waals surface area contributed by atoms with E-state index in [1.807, 2.05) is 6.07 Å². The van der Waals surface area contributed by atoms with Crippen LogP contribution in [0, 0.1) is 11.3 Å². The molecule has 2 heterocycles. The first kappa shape index (κ1) is 13.8. The molecule has 8 heteroatoms. The molecule has 0 saturated carbocycles. The summed E-state index contributed by atoms with van der Waals surface area (Å²) >= 11 is 0. The van der Waals surface area contributed by atoms with E-state index in [0.717, 1.165) is 0 Å². The lowest BCUT2D eigenvalue weighted by Gasteiger charge is -2.28. The van der Waals surface area contributed by atoms with Gasteiger partial charge in [-0.15, -0.1) is 0 Å². The number of urea groups is 1. The average molecular weight is 275 g/mol. The van der Waals surface area contributed by atoms with Crippen LogP contribution in [-0.2, 0) is 11.3 Å². The van der Waals surface area contributed by atoms with Gasteiger partial charge in [0.1, 0.15) is 18.3 Å². The molecule has 0 radical (unpaired) electrons. The number of aromatic nitrogens is 1. The first-order chi connectivity index (χ1) is 9.65. The molecule has 3 N–H and O–H groups in total. The van der Waals surface area contributed by atoms with Crippen LogP contribution in [-0.4, -0.2) is 46.6 Å². The Balaban J connectivity index is 2.13. The molecule has 2 rings (SSSR count). The second kappa shape index (κ2) is 5.99. The quantitative estimate of drug-likeness (QED) is 0.678. The topological polar surface area (TPSA) is 118 Å². The zero-order chi connectivity index (χ0) is 14.5. The van der Waals surface area contributed by atoms with Gasteiger partial charge in [-0.25, -0.2) is 9.78 Å². The van der Waals surface area contributed by atoms with Crippen molar-refractivity contribution in [2.75, 3.05) is 25.0 Å². The number of hydrogen-bond donors (Lipinski definition) is 3. The van der Waals surface area contributed by atoms with Crippen LogP contribution < -0.4 is 10.6 Å². The molecule has 0 saturated heterocycles. The largest absolute Gasteiger partial charge is 0.395 e. The fourth-order valence-electron chi connectivity index (χ4n) is 1.88. The maximum Gasteiger partial charge on any atom is 0.322 e. The van der Waals surface area contributed by atoms with Gasteiger partial charge in [0.25, 0.3) is 0 Å². The Kier molecular flexibility index (Phi) is 4.12. The van der Waals surface area contributed by atoms with Crippen LogP contribution in [0.2, 0.25) is 0 Å². The molecule has 1 aliphatic heterocycles. The monoisotopic (exact) mass is 275 g/mol. The molecule has 3 amide bonds. The van der Waals surface area contributed by atoms with Crippen LogP contribution in [0.5, 0.6) is 0 Å². The minimum atomic E-state index is -0.410. The fraction of sp³-hybridized carbons (Fsp3) is 0.333. The van der Waals surface area contributed by atoms with E-state index in [1.165, 1.54) is 11.1 Å². The Morgan fingerprint density at radius 3 is 3.15 bits per heavy atom. The SMILES string of the molecule is N#Cc1nccc2c1CN(CC(=O)NCCO)C(=O)N2. The standard InChI is InChI=1S/C12H13N5O3/c13-5-10-8-6-17(7-11(19)15-3-4-18)12(20)16-9(8)1-2-14-10/h1-2,18H,3-4,6-7H2,(H,15,19)(H,16,20). The van der Waals surface area contributed by atoms with Gasteiger partial charge in [-0.05, 0) is 6.07 Å². The van der Waals surface area contributed by atoms with Crippen molar-refractivity contribution < 1.29 is 14.7 Å². The smallest absolute Gasteiger partial charge is 0.322 e. The van der Waals surface area contributed by atoms with Crippen molar-refractivity contribution in [2.24, 2.45) is 0 Å². The normalized spacial score (nSPS) is 13.2. The molecular weight excluding hydrogens is 262 g/mol. The number of nitrogens with zero attached hydrogens (tertiary/aromatic N) is 3. The van der Waals surface area contributed by atoms with Crippen LogP contribution >= 0.6 is 0 Å². The summed E-state index contributed by atoms with van der Waals surface area (Å²) in [5.74, 6) is -0.375. The number of aliphatic hydroxyl groups is 1. The number of aliphatic hydroxyl groups excluding tert-OH is 1. The van der Waals surface area contributed by atoms with E-state index in [1.54, 1.807) is 6.07 Å². The van der Waals surface area contributed by atoms with Crippen LogP contribution in [0.25, 0.3) is 0 Å². The molecule has 0 fully saturated rings. The number of amides is 3. The minimum Gasteiger partial charge on any atom is -0.395 e. The molecule has 0 atom stereocenters. The van der Waals surface area contributed by atoms with Crippen molar-refractivity contribution in [3.8, 4) is 6.07 Å². The fourth-order valence-corrected chi connectivity index (χ4v) is 1.88. The molecule has 1 aliphatic rings. The summed E-state index contributed by atoms with van der Waals surface area (Å²) in [6.45, 7) is -0.0331. The maximum absolute atomic E-state index is 11.8. The van der Waals surface area contributed by atoms with Gasteiger partial charge in [0.15, 0.2) is 0 Å². The second-order valence-electron chi connectivity index (χ2n) is 4.16. The molecule has 1 aromatic rings. The molecule has 1 aromatic heterocycles. The summed E-state index contributed by atoms with van der Waals surface area (Å²) in [7, 11) is 0. The third-order valence-electron chi connectivity index (χ3n) is 2.81. The zero-order valence-corrected chi connectivity index (χ0v) is 10.6. The predicted octanol–water partition coefficient (Wildman–Crippen LogP) is -0.591. The summed E-state index contributed by atoms with van der Waals surface area (Å²) < 4.78 is 0. The van der Waals surface area contributed by atoms with Crippen molar-refractivity contribution in [1.82, 2.24) is 15.2 Å². The summed E-state index contributed by atoms with van der Waals surface area (Å²) in [5.41, 5.74) is 1.35. The predicted molar refractivity (Wildman–Crippen MR) is 68.5 cm³/mol. The number of hydrogen-bond acceptors (Lipinski definition) is 5. The number of carbonyl (C=O) groups excluding carboxylic acids is 2. The van der Waals surface area contributed by atoms with Gasteiger partial charge in [-0.2, -0.15) is 5.26 Å². The minimum absolute atomic E-state index is 0.135. The molecule has 0 spiro atoms. The highest BCUT2D eigenvalue weighted by atomic mass is 16.3. The molecule has 20 heavy (non-hydrogen) atoms. The zero-order valence-electron chi connectivity index (χ0n) is 10.6. The van der Waals surface area contributed by atoms with E-state index in [2.05, 4.69) is 15.6 Å². The lowest BCUT2D eigenvalue weighted by atomic mass is 10.1. The van der Waals surface area contributed by atoms with Gasteiger partial charge in [-0.1, -0.05) is 0 Å². The Morgan fingerprint density at radius 1 is 1.65 bits per heavy atom.